The zero-order valence-electron chi connectivity index (χ0n) is 9.34. The summed E-state index contributed by atoms with van der Waals surface area (Å²) < 4.78 is 40.3. The number of halogens is 5. The molecule has 0 saturated heterocycles. The van der Waals surface area contributed by atoms with Crippen LogP contribution in [0.25, 0.3) is 11.1 Å². The molecule has 0 fully saturated rings. The minimum absolute atomic E-state index is 0.305. The molecule has 0 unspecified atom stereocenters. The van der Waals surface area contributed by atoms with Crippen LogP contribution in [-0.4, -0.2) is 6.36 Å². The molecule has 0 aliphatic carbocycles. The normalized spacial score (nSPS) is 11.4. The van der Waals surface area contributed by atoms with Gasteiger partial charge in [-0.2, -0.15) is 0 Å². The van der Waals surface area contributed by atoms with Crippen LogP contribution in [0.3, 0.4) is 0 Å². The number of hydrogen-bond acceptors (Lipinski definition) is 1. The highest BCUT2D eigenvalue weighted by atomic mass is 35.5. The van der Waals surface area contributed by atoms with Gasteiger partial charge in [0, 0.05) is 15.6 Å². The molecule has 0 aliphatic heterocycles. The van der Waals surface area contributed by atoms with E-state index in [2.05, 4.69) is 4.74 Å². The van der Waals surface area contributed by atoms with E-state index in [0.29, 0.717) is 21.2 Å². The Bertz CT molecular complexity index is 597. The third kappa shape index (κ3) is 3.78. The van der Waals surface area contributed by atoms with E-state index >= 15 is 0 Å². The molecule has 0 aromatic heterocycles. The average molecular weight is 307 g/mol. The maximum Gasteiger partial charge on any atom is 0.573 e. The minimum Gasteiger partial charge on any atom is -0.406 e. The molecule has 1 nitrogen and oxygen atoms in total. The second kappa shape index (κ2) is 5.31. The smallest absolute Gasteiger partial charge is 0.406 e. The monoisotopic (exact) mass is 306 g/mol. The fourth-order valence-corrected chi connectivity index (χ4v) is 1.98. The van der Waals surface area contributed by atoms with Crippen molar-refractivity contribution in [2.75, 3.05) is 0 Å². The second-order valence-electron chi connectivity index (χ2n) is 3.70. The third-order valence-corrected chi connectivity index (χ3v) is 2.87. The summed E-state index contributed by atoms with van der Waals surface area (Å²) in [4.78, 5) is 0. The van der Waals surface area contributed by atoms with Gasteiger partial charge in [0.25, 0.3) is 0 Å². The van der Waals surface area contributed by atoms with Crippen LogP contribution < -0.4 is 4.74 Å². The van der Waals surface area contributed by atoms with Crippen molar-refractivity contribution in [1.82, 2.24) is 0 Å². The molecule has 0 bridgehead atoms. The first-order chi connectivity index (χ1) is 8.85. The van der Waals surface area contributed by atoms with Crippen molar-refractivity contribution in [2.24, 2.45) is 0 Å². The fraction of sp³-hybridized carbons (Fsp3) is 0.0769. The summed E-state index contributed by atoms with van der Waals surface area (Å²) in [6.07, 6.45) is -4.73. The Kier molecular flexibility index (Phi) is 3.92. The largest absolute Gasteiger partial charge is 0.573 e. The topological polar surface area (TPSA) is 9.23 Å². The number of benzene rings is 2. The highest BCUT2D eigenvalue weighted by molar-refractivity contribution is 6.35. The van der Waals surface area contributed by atoms with E-state index in [0.717, 1.165) is 0 Å². The van der Waals surface area contributed by atoms with Gasteiger partial charge in [-0.05, 0) is 35.9 Å². The highest BCUT2D eigenvalue weighted by Gasteiger charge is 2.31. The Hall–Kier alpha value is -1.39. The van der Waals surface area contributed by atoms with Crippen LogP contribution in [0, 0.1) is 0 Å². The lowest BCUT2D eigenvalue weighted by molar-refractivity contribution is -0.274. The van der Waals surface area contributed by atoms with Crippen molar-refractivity contribution < 1.29 is 17.9 Å². The molecule has 0 atom stereocenters. The van der Waals surface area contributed by atoms with Crippen LogP contribution in [0.1, 0.15) is 0 Å². The van der Waals surface area contributed by atoms with Crippen molar-refractivity contribution in [1.29, 1.82) is 0 Å². The van der Waals surface area contributed by atoms with Crippen LogP contribution in [0.2, 0.25) is 10.0 Å². The lowest BCUT2D eigenvalue weighted by atomic mass is 10.1. The number of ether oxygens (including phenoxy) is 1. The maximum atomic E-state index is 12.1. The molecular weight excluding hydrogens is 300 g/mol. The van der Waals surface area contributed by atoms with Gasteiger partial charge in [0.1, 0.15) is 5.75 Å². The molecule has 0 aliphatic rings. The SMILES string of the molecule is FC(F)(F)Oc1cccc(-c2cc(Cl)ccc2Cl)c1. The van der Waals surface area contributed by atoms with E-state index in [9.17, 15) is 13.2 Å². The van der Waals surface area contributed by atoms with Gasteiger partial charge < -0.3 is 4.74 Å². The first-order valence-corrected chi connectivity index (χ1v) is 5.92. The van der Waals surface area contributed by atoms with Gasteiger partial charge in [0.2, 0.25) is 0 Å². The zero-order valence-corrected chi connectivity index (χ0v) is 10.9. The Morgan fingerprint density at radius 2 is 1.68 bits per heavy atom. The van der Waals surface area contributed by atoms with E-state index in [1.54, 1.807) is 24.3 Å². The van der Waals surface area contributed by atoms with Crippen molar-refractivity contribution in [3.8, 4) is 16.9 Å². The summed E-state index contributed by atoms with van der Waals surface area (Å²) in [5, 5.41) is 0.843. The molecule has 2 aromatic carbocycles. The van der Waals surface area contributed by atoms with E-state index in [1.807, 2.05) is 0 Å². The first kappa shape index (κ1) is 14.0. The molecule has 0 spiro atoms. The molecule has 2 rings (SSSR count). The van der Waals surface area contributed by atoms with Gasteiger partial charge in [0.15, 0.2) is 0 Å². The van der Waals surface area contributed by atoms with Gasteiger partial charge in [-0.15, -0.1) is 13.2 Å². The molecule has 0 amide bonds. The summed E-state index contributed by atoms with van der Waals surface area (Å²) in [6, 6.07) is 10.3. The van der Waals surface area contributed by atoms with E-state index in [1.165, 1.54) is 18.2 Å². The Balaban J connectivity index is 2.40. The van der Waals surface area contributed by atoms with Crippen molar-refractivity contribution in [3.63, 3.8) is 0 Å². The van der Waals surface area contributed by atoms with E-state index in [-0.39, 0.29) is 5.75 Å². The maximum absolute atomic E-state index is 12.1. The van der Waals surface area contributed by atoms with Gasteiger partial charge >= 0.3 is 6.36 Å². The number of rotatable bonds is 2. The molecule has 0 N–H and O–H groups in total. The second-order valence-corrected chi connectivity index (χ2v) is 4.54. The average Bonchev–Trinajstić information content (AvgIpc) is 2.30. The van der Waals surface area contributed by atoms with Gasteiger partial charge in [-0.1, -0.05) is 35.3 Å². The molecule has 2 aromatic rings. The molecule has 0 radical (unpaired) electrons. The third-order valence-electron chi connectivity index (χ3n) is 2.31. The molecule has 19 heavy (non-hydrogen) atoms. The Morgan fingerprint density at radius 1 is 0.947 bits per heavy atom. The summed E-state index contributed by atoms with van der Waals surface area (Å²) in [6.45, 7) is 0. The van der Waals surface area contributed by atoms with Crippen LogP contribution in [0.15, 0.2) is 42.5 Å². The summed E-state index contributed by atoms with van der Waals surface area (Å²) >= 11 is 11.8. The zero-order chi connectivity index (χ0) is 14.0. The van der Waals surface area contributed by atoms with Gasteiger partial charge in [-0.3, -0.25) is 0 Å². The van der Waals surface area contributed by atoms with Crippen LogP contribution in [0.4, 0.5) is 13.2 Å². The summed E-state index contributed by atoms with van der Waals surface area (Å²) in [7, 11) is 0. The molecule has 6 heteroatoms. The highest BCUT2D eigenvalue weighted by Crippen LogP contribution is 2.33. The van der Waals surface area contributed by atoms with Crippen LogP contribution in [-0.2, 0) is 0 Å². The van der Waals surface area contributed by atoms with Crippen LogP contribution >= 0.6 is 23.2 Å². The fourth-order valence-electron chi connectivity index (χ4n) is 1.58. The minimum atomic E-state index is -4.73. The van der Waals surface area contributed by atoms with Crippen LogP contribution in [0.5, 0.6) is 5.75 Å². The molecule has 100 valence electrons. The quantitative estimate of drug-likeness (QED) is 0.706. The Labute approximate surface area is 117 Å². The standard InChI is InChI=1S/C13H7Cl2F3O/c14-9-4-5-12(15)11(7-9)8-2-1-3-10(6-8)19-13(16,17)18/h1-7H. The number of alkyl halides is 3. The van der Waals surface area contributed by atoms with Gasteiger partial charge in [-0.25, -0.2) is 0 Å². The molecular formula is C13H7Cl2F3O. The molecule has 0 saturated carbocycles. The molecule has 0 heterocycles. The summed E-state index contributed by atoms with van der Waals surface area (Å²) in [5.41, 5.74) is 1.04. The summed E-state index contributed by atoms with van der Waals surface area (Å²) in [5.74, 6) is -0.305. The van der Waals surface area contributed by atoms with Crippen molar-refractivity contribution in [3.05, 3.63) is 52.5 Å². The predicted molar refractivity (Wildman–Crippen MR) is 68.6 cm³/mol. The first-order valence-electron chi connectivity index (χ1n) is 5.16. The number of hydrogen-bond donors (Lipinski definition) is 0. The Morgan fingerprint density at radius 3 is 2.37 bits per heavy atom. The lowest BCUT2D eigenvalue weighted by Gasteiger charge is -2.11. The van der Waals surface area contributed by atoms with Crippen molar-refractivity contribution >= 4 is 23.2 Å². The van der Waals surface area contributed by atoms with E-state index in [4.69, 9.17) is 23.2 Å². The van der Waals surface area contributed by atoms with Crippen molar-refractivity contribution in [2.45, 2.75) is 6.36 Å². The van der Waals surface area contributed by atoms with E-state index < -0.39 is 6.36 Å². The van der Waals surface area contributed by atoms with Gasteiger partial charge in [0.05, 0.1) is 0 Å². The lowest BCUT2D eigenvalue weighted by Crippen LogP contribution is -2.17. The predicted octanol–water partition coefficient (Wildman–Crippen LogP) is 5.56.